The highest BCUT2D eigenvalue weighted by molar-refractivity contribution is 5.83. The minimum absolute atomic E-state index is 0.0467. The lowest BCUT2D eigenvalue weighted by Gasteiger charge is -2.28. The van der Waals surface area contributed by atoms with E-state index in [2.05, 4.69) is 41.7 Å². The number of Topliss-reactive ketones (excluding diaryl/α,β-unsaturated/α-hetero) is 1. The maximum Gasteiger partial charge on any atom is 0.138 e. The van der Waals surface area contributed by atoms with Gasteiger partial charge in [-0.25, -0.2) is 0 Å². The van der Waals surface area contributed by atoms with Gasteiger partial charge in [0.2, 0.25) is 0 Å². The third-order valence-corrected chi connectivity index (χ3v) is 4.44. The van der Waals surface area contributed by atoms with Gasteiger partial charge in [0.1, 0.15) is 5.78 Å². The van der Waals surface area contributed by atoms with E-state index in [1.807, 2.05) is 36.4 Å². The molecule has 0 bridgehead atoms. The van der Waals surface area contributed by atoms with Crippen molar-refractivity contribution in [1.82, 2.24) is 0 Å². The second-order valence-electron chi connectivity index (χ2n) is 6.12. The first kappa shape index (κ1) is 15.5. The molecule has 0 aliphatic heterocycles. The van der Waals surface area contributed by atoms with E-state index in [-0.39, 0.29) is 12.0 Å². The molecule has 1 saturated carbocycles. The van der Waals surface area contributed by atoms with E-state index >= 15 is 0 Å². The number of rotatable bonds is 5. The van der Waals surface area contributed by atoms with E-state index in [1.54, 1.807) is 0 Å². The number of benzene rings is 2. The van der Waals surface area contributed by atoms with Crippen LogP contribution in [0, 0.1) is 5.92 Å². The van der Waals surface area contributed by atoms with Crippen molar-refractivity contribution in [2.24, 2.45) is 5.92 Å². The Morgan fingerprint density at radius 2 is 1.65 bits per heavy atom. The third-order valence-electron chi connectivity index (χ3n) is 4.44. The molecule has 23 heavy (non-hydrogen) atoms. The van der Waals surface area contributed by atoms with Crippen LogP contribution in [0.3, 0.4) is 0 Å². The van der Waals surface area contributed by atoms with Crippen LogP contribution in [0.5, 0.6) is 0 Å². The number of carbonyl (C=O) groups excluding carboxylic acids is 1. The van der Waals surface area contributed by atoms with Gasteiger partial charge in [0.15, 0.2) is 0 Å². The second-order valence-corrected chi connectivity index (χ2v) is 6.12. The third kappa shape index (κ3) is 4.32. The average molecular weight is 305 g/mol. The SMILES string of the molecule is O=C1CCCC[C@@H]1[C@H](/C=C/c1ccccc1)Nc1ccccc1. The van der Waals surface area contributed by atoms with Crippen LogP contribution in [0.4, 0.5) is 5.69 Å². The Morgan fingerprint density at radius 3 is 2.35 bits per heavy atom. The molecule has 0 heterocycles. The van der Waals surface area contributed by atoms with Crippen LogP contribution in [0.25, 0.3) is 6.08 Å². The molecule has 2 heteroatoms. The lowest BCUT2D eigenvalue weighted by molar-refractivity contribution is -0.124. The van der Waals surface area contributed by atoms with Crippen molar-refractivity contribution in [2.45, 2.75) is 31.7 Å². The summed E-state index contributed by atoms with van der Waals surface area (Å²) in [6.07, 6.45) is 8.14. The van der Waals surface area contributed by atoms with E-state index in [0.717, 1.165) is 36.9 Å². The summed E-state index contributed by atoms with van der Waals surface area (Å²) in [6, 6.07) is 20.4. The number of ketones is 1. The highest BCUT2D eigenvalue weighted by atomic mass is 16.1. The summed E-state index contributed by atoms with van der Waals surface area (Å²) in [4.78, 5) is 12.4. The summed E-state index contributed by atoms with van der Waals surface area (Å²) in [5.74, 6) is 0.464. The first-order valence-corrected chi connectivity index (χ1v) is 8.40. The quantitative estimate of drug-likeness (QED) is 0.847. The summed E-state index contributed by atoms with van der Waals surface area (Å²) in [5.41, 5.74) is 2.23. The smallest absolute Gasteiger partial charge is 0.138 e. The molecule has 1 aliphatic rings. The molecule has 0 saturated heterocycles. The van der Waals surface area contributed by atoms with Crippen LogP contribution < -0.4 is 5.32 Å². The first-order valence-electron chi connectivity index (χ1n) is 8.40. The number of hydrogen-bond acceptors (Lipinski definition) is 2. The van der Waals surface area contributed by atoms with Gasteiger partial charge in [-0.1, -0.05) is 67.1 Å². The summed E-state index contributed by atoms with van der Waals surface area (Å²) in [6.45, 7) is 0. The monoisotopic (exact) mass is 305 g/mol. The Kier molecular flexibility index (Phi) is 5.25. The molecule has 118 valence electrons. The summed E-state index contributed by atoms with van der Waals surface area (Å²) >= 11 is 0. The zero-order valence-electron chi connectivity index (χ0n) is 13.3. The number of carbonyl (C=O) groups is 1. The lowest BCUT2D eigenvalue weighted by atomic mass is 9.82. The molecule has 1 fully saturated rings. The minimum atomic E-state index is 0.0467. The van der Waals surface area contributed by atoms with Crippen molar-refractivity contribution >= 4 is 17.5 Å². The van der Waals surface area contributed by atoms with Crippen LogP contribution in [0.2, 0.25) is 0 Å². The van der Waals surface area contributed by atoms with Gasteiger partial charge < -0.3 is 5.32 Å². The molecular weight excluding hydrogens is 282 g/mol. The Hall–Kier alpha value is -2.35. The Balaban J connectivity index is 1.80. The van der Waals surface area contributed by atoms with Gasteiger partial charge in [-0.3, -0.25) is 4.79 Å². The summed E-state index contributed by atoms with van der Waals surface area (Å²) in [5, 5.41) is 3.54. The predicted molar refractivity (Wildman–Crippen MR) is 96.3 cm³/mol. The van der Waals surface area contributed by atoms with Crippen LogP contribution in [0.1, 0.15) is 31.2 Å². The molecule has 2 aromatic rings. The van der Waals surface area contributed by atoms with Crippen LogP contribution in [0.15, 0.2) is 66.7 Å². The zero-order chi connectivity index (χ0) is 15.9. The molecule has 2 atom stereocenters. The molecule has 0 amide bonds. The Morgan fingerprint density at radius 1 is 0.957 bits per heavy atom. The molecule has 0 aromatic heterocycles. The van der Waals surface area contributed by atoms with Gasteiger partial charge in [-0.15, -0.1) is 0 Å². The first-order chi connectivity index (χ1) is 11.3. The predicted octanol–water partition coefficient (Wildman–Crippen LogP) is 4.94. The van der Waals surface area contributed by atoms with Gasteiger partial charge in [-0.2, -0.15) is 0 Å². The molecular formula is C21H23NO. The topological polar surface area (TPSA) is 29.1 Å². The maximum atomic E-state index is 12.4. The second kappa shape index (κ2) is 7.77. The fourth-order valence-electron chi connectivity index (χ4n) is 3.18. The summed E-state index contributed by atoms with van der Waals surface area (Å²) < 4.78 is 0. The molecule has 1 N–H and O–H groups in total. The van der Waals surface area contributed by atoms with E-state index in [0.29, 0.717) is 5.78 Å². The van der Waals surface area contributed by atoms with Crippen LogP contribution in [-0.2, 0) is 4.79 Å². The molecule has 1 aliphatic carbocycles. The van der Waals surface area contributed by atoms with Crippen LogP contribution >= 0.6 is 0 Å². The van der Waals surface area contributed by atoms with Crippen LogP contribution in [-0.4, -0.2) is 11.8 Å². The molecule has 0 radical (unpaired) electrons. The van der Waals surface area contributed by atoms with Crippen molar-refractivity contribution in [3.05, 3.63) is 72.3 Å². The van der Waals surface area contributed by atoms with Crippen molar-refractivity contribution < 1.29 is 4.79 Å². The van der Waals surface area contributed by atoms with Gasteiger partial charge in [-0.05, 0) is 30.5 Å². The minimum Gasteiger partial charge on any atom is -0.378 e. The largest absolute Gasteiger partial charge is 0.378 e. The molecule has 0 unspecified atom stereocenters. The molecule has 2 nitrogen and oxygen atoms in total. The maximum absolute atomic E-state index is 12.4. The fraction of sp³-hybridized carbons (Fsp3) is 0.286. The zero-order valence-corrected chi connectivity index (χ0v) is 13.3. The number of nitrogens with one attached hydrogen (secondary N) is 1. The summed E-state index contributed by atoms with van der Waals surface area (Å²) in [7, 11) is 0. The van der Waals surface area contributed by atoms with Gasteiger partial charge in [0.25, 0.3) is 0 Å². The Labute approximate surface area is 138 Å². The van der Waals surface area contributed by atoms with E-state index in [9.17, 15) is 4.79 Å². The Bertz CT molecular complexity index is 648. The van der Waals surface area contributed by atoms with Crippen molar-refractivity contribution in [2.75, 3.05) is 5.32 Å². The molecule has 2 aromatic carbocycles. The van der Waals surface area contributed by atoms with Gasteiger partial charge in [0.05, 0.1) is 6.04 Å². The number of anilines is 1. The van der Waals surface area contributed by atoms with Crippen molar-refractivity contribution in [3.8, 4) is 0 Å². The fourth-order valence-corrected chi connectivity index (χ4v) is 3.18. The highest BCUT2D eigenvalue weighted by Crippen LogP contribution is 2.27. The van der Waals surface area contributed by atoms with Gasteiger partial charge in [0, 0.05) is 18.0 Å². The standard InChI is InChI=1S/C21H23NO/c23-21-14-8-7-13-19(21)20(22-18-11-5-2-6-12-18)16-15-17-9-3-1-4-10-17/h1-6,9-12,15-16,19-20,22H,7-8,13-14H2/b16-15+/t19-,20+/m1/s1. The number of hydrogen-bond donors (Lipinski definition) is 1. The highest BCUT2D eigenvalue weighted by Gasteiger charge is 2.28. The average Bonchev–Trinajstić information content (AvgIpc) is 2.61. The molecule has 3 rings (SSSR count). The molecule has 0 spiro atoms. The normalized spacial score (nSPS) is 19.7. The van der Waals surface area contributed by atoms with E-state index < -0.39 is 0 Å². The van der Waals surface area contributed by atoms with E-state index in [4.69, 9.17) is 0 Å². The van der Waals surface area contributed by atoms with Crippen molar-refractivity contribution in [1.29, 1.82) is 0 Å². The van der Waals surface area contributed by atoms with E-state index in [1.165, 1.54) is 0 Å². The van der Waals surface area contributed by atoms with Crippen molar-refractivity contribution in [3.63, 3.8) is 0 Å². The lowest BCUT2D eigenvalue weighted by Crippen LogP contribution is -2.35. The van der Waals surface area contributed by atoms with Gasteiger partial charge >= 0.3 is 0 Å². The number of para-hydroxylation sites is 1.